The predicted octanol–water partition coefficient (Wildman–Crippen LogP) is 4.86. The first-order valence-corrected chi connectivity index (χ1v) is 12.0. The molecule has 31 heavy (non-hydrogen) atoms. The third kappa shape index (κ3) is 4.97. The Hall–Kier alpha value is -3.12. The molecule has 3 aromatic carbocycles. The minimum absolute atomic E-state index is 0.149. The van der Waals surface area contributed by atoms with Gasteiger partial charge in [-0.2, -0.15) is 0 Å². The molecule has 6 heteroatoms. The van der Waals surface area contributed by atoms with Gasteiger partial charge >= 0.3 is 0 Å². The SMILES string of the molecule is C[C@H](NC(=O)c1cccc(NS(=O)(=O)c2ccccc2)c1)c1ccc2c(c1)CCCC2. The minimum Gasteiger partial charge on any atom is -0.346 e. The van der Waals surface area contributed by atoms with Gasteiger partial charge in [0.2, 0.25) is 0 Å². The zero-order chi connectivity index (χ0) is 21.8. The lowest BCUT2D eigenvalue weighted by Crippen LogP contribution is -2.27. The van der Waals surface area contributed by atoms with Crippen molar-refractivity contribution in [2.24, 2.45) is 0 Å². The Morgan fingerprint density at radius 3 is 2.39 bits per heavy atom. The molecule has 5 nitrogen and oxygen atoms in total. The molecule has 0 fully saturated rings. The number of fused-ring (bicyclic) bond motifs is 1. The number of anilines is 1. The summed E-state index contributed by atoms with van der Waals surface area (Å²) in [5.74, 6) is -0.244. The highest BCUT2D eigenvalue weighted by Gasteiger charge is 2.17. The van der Waals surface area contributed by atoms with Crippen LogP contribution in [-0.4, -0.2) is 14.3 Å². The molecule has 0 saturated heterocycles. The van der Waals surface area contributed by atoms with E-state index in [0.29, 0.717) is 11.3 Å². The maximum atomic E-state index is 12.8. The number of hydrogen-bond acceptors (Lipinski definition) is 3. The van der Waals surface area contributed by atoms with E-state index < -0.39 is 10.0 Å². The predicted molar refractivity (Wildman–Crippen MR) is 123 cm³/mol. The van der Waals surface area contributed by atoms with Crippen molar-refractivity contribution in [3.05, 3.63) is 95.1 Å². The fourth-order valence-corrected chi connectivity index (χ4v) is 4.99. The van der Waals surface area contributed by atoms with Gasteiger partial charge in [0.25, 0.3) is 15.9 Å². The number of hydrogen-bond donors (Lipinski definition) is 2. The molecule has 0 aliphatic heterocycles. The fraction of sp³-hybridized carbons (Fsp3) is 0.240. The number of amides is 1. The van der Waals surface area contributed by atoms with E-state index in [1.54, 1.807) is 42.5 Å². The molecule has 4 rings (SSSR count). The maximum Gasteiger partial charge on any atom is 0.261 e. The van der Waals surface area contributed by atoms with Crippen molar-refractivity contribution in [3.8, 4) is 0 Å². The van der Waals surface area contributed by atoms with Crippen LogP contribution in [-0.2, 0) is 22.9 Å². The Balaban J connectivity index is 1.47. The Labute approximate surface area is 183 Å². The molecular weight excluding hydrogens is 408 g/mol. The van der Waals surface area contributed by atoms with Gasteiger partial charge < -0.3 is 5.32 Å². The lowest BCUT2D eigenvalue weighted by Gasteiger charge is -2.20. The molecule has 0 heterocycles. The maximum absolute atomic E-state index is 12.8. The zero-order valence-electron chi connectivity index (χ0n) is 17.5. The monoisotopic (exact) mass is 434 g/mol. The topological polar surface area (TPSA) is 75.3 Å². The van der Waals surface area contributed by atoms with Gasteiger partial charge in [-0.3, -0.25) is 9.52 Å². The molecule has 0 radical (unpaired) electrons. The largest absolute Gasteiger partial charge is 0.346 e. The molecule has 0 bridgehead atoms. The van der Waals surface area contributed by atoms with Crippen molar-refractivity contribution in [3.63, 3.8) is 0 Å². The molecule has 0 saturated carbocycles. The Bertz CT molecular complexity index is 1190. The number of carbonyl (C=O) groups excluding carboxylic acids is 1. The van der Waals surface area contributed by atoms with Crippen LogP contribution in [0.1, 0.15) is 52.9 Å². The number of benzene rings is 3. The van der Waals surface area contributed by atoms with Gasteiger partial charge in [-0.05, 0) is 79.6 Å². The van der Waals surface area contributed by atoms with Crippen LogP contribution in [0.5, 0.6) is 0 Å². The zero-order valence-corrected chi connectivity index (χ0v) is 18.3. The number of sulfonamides is 1. The fourth-order valence-electron chi connectivity index (χ4n) is 3.92. The van der Waals surface area contributed by atoms with Crippen LogP contribution in [0.25, 0.3) is 0 Å². The van der Waals surface area contributed by atoms with Crippen LogP contribution in [0.4, 0.5) is 5.69 Å². The van der Waals surface area contributed by atoms with Gasteiger partial charge in [-0.25, -0.2) is 8.42 Å². The lowest BCUT2D eigenvalue weighted by molar-refractivity contribution is 0.0940. The van der Waals surface area contributed by atoms with Gasteiger partial charge in [0.1, 0.15) is 0 Å². The first-order valence-electron chi connectivity index (χ1n) is 10.5. The van der Waals surface area contributed by atoms with Crippen molar-refractivity contribution in [1.29, 1.82) is 0 Å². The molecule has 2 N–H and O–H groups in total. The quantitative estimate of drug-likeness (QED) is 0.582. The molecule has 1 atom stereocenters. The summed E-state index contributed by atoms with van der Waals surface area (Å²) in [6, 6.07) is 21.0. The molecule has 1 aliphatic rings. The molecule has 0 spiro atoms. The summed E-state index contributed by atoms with van der Waals surface area (Å²) in [4.78, 5) is 13.0. The molecule has 0 aromatic heterocycles. The summed E-state index contributed by atoms with van der Waals surface area (Å²) in [5.41, 5.74) is 4.61. The summed E-state index contributed by atoms with van der Waals surface area (Å²) in [6.45, 7) is 1.96. The molecule has 1 aliphatic carbocycles. The highest BCUT2D eigenvalue weighted by Crippen LogP contribution is 2.25. The summed E-state index contributed by atoms with van der Waals surface area (Å²) in [7, 11) is -3.71. The first kappa shape index (κ1) is 21.1. The van der Waals surface area contributed by atoms with E-state index in [0.717, 1.165) is 18.4 Å². The minimum atomic E-state index is -3.71. The number of carbonyl (C=O) groups is 1. The lowest BCUT2D eigenvalue weighted by atomic mass is 9.89. The van der Waals surface area contributed by atoms with Crippen LogP contribution in [0.15, 0.2) is 77.7 Å². The smallest absolute Gasteiger partial charge is 0.261 e. The molecule has 3 aromatic rings. The Morgan fingerprint density at radius 2 is 1.61 bits per heavy atom. The van der Waals surface area contributed by atoms with Gasteiger partial charge in [-0.1, -0.05) is 42.5 Å². The second-order valence-electron chi connectivity index (χ2n) is 7.93. The van der Waals surface area contributed by atoms with Crippen LogP contribution < -0.4 is 10.0 Å². The number of rotatable bonds is 6. The highest BCUT2D eigenvalue weighted by atomic mass is 32.2. The normalized spacial score (nSPS) is 14.4. The Kier molecular flexibility index (Phi) is 6.09. The number of aryl methyl sites for hydroxylation is 2. The van der Waals surface area contributed by atoms with Crippen molar-refractivity contribution < 1.29 is 13.2 Å². The molecule has 1 amide bonds. The molecule has 0 unspecified atom stereocenters. The van der Waals surface area contributed by atoms with E-state index in [2.05, 4.69) is 28.2 Å². The van der Waals surface area contributed by atoms with Crippen molar-refractivity contribution in [1.82, 2.24) is 5.32 Å². The Morgan fingerprint density at radius 1 is 0.871 bits per heavy atom. The van der Waals surface area contributed by atoms with Crippen LogP contribution in [0.3, 0.4) is 0 Å². The molecule has 160 valence electrons. The van der Waals surface area contributed by atoms with Crippen molar-refractivity contribution in [2.75, 3.05) is 4.72 Å². The molecular formula is C25H26N2O3S. The van der Waals surface area contributed by atoms with Gasteiger partial charge in [0.05, 0.1) is 10.9 Å². The highest BCUT2D eigenvalue weighted by molar-refractivity contribution is 7.92. The first-order chi connectivity index (χ1) is 14.9. The summed E-state index contributed by atoms with van der Waals surface area (Å²) in [6.07, 6.45) is 4.67. The van der Waals surface area contributed by atoms with Crippen molar-refractivity contribution in [2.45, 2.75) is 43.5 Å². The van der Waals surface area contributed by atoms with E-state index >= 15 is 0 Å². The van der Waals surface area contributed by atoms with Gasteiger partial charge in [-0.15, -0.1) is 0 Å². The standard InChI is InChI=1S/C25H26N2O3S/c1-18(20-15-14-19-8-5-6-9-21(19)16-20)26-25(28)22-10-7-11-23(17-22)27-31(29,30)24-12-3-2-4-13-24/h2-4,7,10-18,27H,5-6,8-9H2,1H3,(H,26,28)/t18-/m0/s1. The van der Waals surface area contributed by atoms with E-state index in [4.69, 9.17) is 0 Å². The average molecular weight is 435 g/mol. The van der Waals surface area contributed by atoms with E-state index in [1.807, 2.05) is 6.92 Å². The van der Waals surface area contributed by atoms with E-state index in [1.165, 1.54) is 36.1 Å². The van der Waals surface area contributed by atoms with Gasteiger partial charge in [0.15, 0.2) is 0 Å². The van der Waals surface area contributed by atoms with E-state index in [9.17, 15) is 13.2 Å². The second-order valence-corrected chi connectivity index (χ2v) is 9.61. The third-order valence-electron chi connectivity index (χ3n) is 5.65. The third-order valence-corrected chi connectivity index (χ3v) is 7.05. The summed E-state index contributed by atoms with van der Waals surface area (Å²) < 4.78 is 27.6. The average Bonchev–Trinajstić information content (AvgIpc) is 2.79. The summed E-state index contributed by atoms with van der Waals surface area (Å²) >= 11 is 0. The number of nitrogens with one attached hydrogen (secondary N) is 2. The van der Waals surface area contributed by atoms with Gasteiger partial charge in [0, 0.05) is 11.3 Å². The van der Waals surface area contributed by atoms with Crippen LogP contribution in [0, 0.1) is 0 Å². The van der Waals surface area contributed by atoms with Crippen molar-refractivity contribution >= 4 is 21.6 Å². The van der Waals surface area contributed by atoms with E-state index in [-0.39, 0.29) is 16.8 Å². The second kappa shape index (κ2) is 8.94. The van der Waals surface area contributed by atoms with Crippen LogP contribution in [0.2, 0.25) is 0 Å². The summed E-state index contributed by atoms with van der Waals surface area (Å²) in [5, 5.41) is 3.02. The van der Waals surface area contributed by atoms with Crippen LogP contribution >= 0.6 is 0 Å².